The number of amides is 1. The molecule has 1 aliphatic rings. The van der Waals surface area contributed by atoms with Gasteiger partial charge in [0, 0.05) is 31.9 Å². The molecule has 3 rings (SSSR count). The van der Waals surface area contributed by atoms with E-state index in [0.717, 1.165) is 5.69 Å². The van der Waals surface area contributed by atoms with Crippen LogP contribution in [0.5, 0.6) is 11.5 Å². The van der Waals surface area contributed by atoms with Crippen molar-refractivity contribution in [3.8, 4) is 11.5 Å². The molecule has 7 nitrogen and oxygen atoms in total. The van der Waals surface area contributed by atoms with E-state index in [4.69, 9.17) is 9.47 Å². The number of aliphatic hydroxyl groups excluding tert-OH is 1. The van der Waals surface area contributed by atoms with E-state index in [1.807, 2.05) is 57.1 Å². The van der Waals surface area contributed by atoms with E-state index in [1.54, 1.807) is 25.3 Å². The van der Waals surface area contributed by atoms with Crippen LogP contribution in [0, 0.1) is 5.92 Å². The maximum absolute atomic E-state index is 13.2. The number of nitrogens with zero attached hydrogens (tertiary/aromatic N) is 2. The van der Waals surface area contributed by atoms with Crippen LogP contribution in [0.2, 0.25) is 0 Å². The van der Waals surface area contributed by atoms with Crippen LogP contribution in [0.25, 0.3) is 0 Å². The first kappa shape index (κ1) is 23.2. The number of methoxy groups -OCH3 is 2. The Labute approximate surface area is 188 Å². The Hall–Kier alpha value is -3.48. The molecular formula is C25H30N2O5. The fraction of sp³-hybridized carbons (Fsp3) is 0.360. The maximum atomic E-state index is 13.2. The first-order chi connectivity index (χ1) is 15.2. The average Bonchev–Trinajstić information content (AvgIpc) is 3.03. The Kier molecular flexibility index (Phi) is 6.77. The molecule has 0 radical (unpaired) electrons. The number of hydrogen-bond acceptors (Lipinski definition) is 6. The predicted octanol–water partition coefficient (Wildman–Crippen LogP) is 4.29. The minimum absolute atomic E-state index is 0.0809. The van der Waals surface area contributed by atoms with Gasteiger partial charge in [0.1, 0.15) is 0 Å². The summed E-state index contributed by atoms with van der Waals surface area (Å²) in [4.78, 5) is 29.7. The molecule has 1 amide bonds. The Bertz CT molecular complexity index is 1040. The highest BCUT2D eigenvalue weighted by Gasteiger charge is 2.44. The summed E-state index contributed by atoms with van der Waals surface area (Å²) >= 11 is 0. The Balaban J connectivity index is 2.16. The molecule has 0 fully saturated rings. The third-order valence-corrected chi connectivity index (χ3v) is 5.47. The second kappa shape index (κ2) is 9.34. The lowest BCUT2D eigenvalue weighted by molar-refractivity contribution is -0.118. The van der Waals surface area contributed by atoms with Gasteiger partial charge in [0.15, 0.2) is 23.0 Å². The zero-order valence-corrected chi connectivity index (χ0v) is 19.4. The molecule has 7 heteroatoms. The molecule has 0 aromatic heterocycles. The molecule has 0 saturated heterocycles. The van der Waals surface area contributed by atoms with E-state index in [1.165, 1.54) is 12.0 Å². The summed E-state index contributed by atoms with van der Waals surface area (Å²) in [6.45, 7) is 3.85. The van der Waals surface area contributed by atoms with E-state index in [2.05, 4.69) is 0 Å². The van der Waals surface area contributed by atoms with Crippen molar-refractivity contribution in [1.82, 2.24) is 0 Å². The number of aliphatic hydroxyl groups is 1. The van der Waals surface area contributed by atoms with Crippen molar-refractivity contribution in [3.05, 3.63) is 59.4 Å². The number of carbonyl (C=O) groups excluding carboxylic acids is 2. The van der Waals surface area contributed by atoms with E-state index in [0.29, 0.717) is 22.7 Å². The highest BCUT2D eigenvalue weighted by atomic mass is 16.5. The van der Waals surface area contributed by atoms with Crippen LogP contribution in [-0.4, -0.2) is 45.1 Å². The molecule has 2 aromatic rings. The van der Waals surface area contributed by atoms with Crippen LogP contribution < -0.4 is 19.3 Å². The lowest BCUT2D eigenvalue weighted by Crippen LogP contribution is -2.31. The van der Waals surface area contributed by atoms with Crippen molar-refractivity contribution in [2.45, 2.75) is 26.3 Å². The standard InChI is InChI=1S/C25H30N2O5/c1-15(2)13-19(28)22-23(16-7-12-20(31-5)21(14-16)32-6)27(25(30)24(22)29)18-10-8-17(9-11-18)26(3)4/h7-12,14-15,23,29H,13H2,1-6H3. The Morgan fingerprint density at radius 2 is 1.69 bits per heavy atom. The average molecular weight is 439 g/mol. The van der Waals surface area contributed by atoms with Gasteiger partial charge in [-0.2, -0.15) is 0 Å². The Morgan fingerprint density at radius 1 is 1.06 bits per heavy atom. The van der Waals surface area contributed by atoms with Crippen molar-refractivity contribution in [1.29, 1.82) is 0 Å². The Morgan fingerprint density at radius 3 is 2.22 bits per heavy atom. The molecule has 1 unspecified atom stereocenters. The quantitative estimate of drug-likeness (QED) is 0.663. The second-order valence-corrected chi connectivity index (χ2v) is 8.39. The smallest absolute Gasteiger partial charge is 0.294 e. The maximum Gasteiger partial charge on any atom is 0.294 e. The number of hydrogen-bond donors (Lipinski definition) is 1. The molecule has 0 saturated carbocycles. The van der Waals surface area contributed by atoms with Gasteiger partial charge in [-0.15, -0.1) is 0 Å². The topological polar surface area (TPSA) is 79.3 Å². The van der Waals surface area contributed by atoms with Crippen LogP contribution >= 0.6 is 0 Å². The second-order valence-electron chi connectivity index (χ2n) is 8.39. The molecule has 1 N–H and O–H groups in total. The number of Topliss-reactive ketones (excluding diaryl/α,β-unsaturated/α-hetero) is 1. The van der Waals surface area contributed by atoms with Gasteiger partial charge in [-0.1, -0.05) is 19.9 Å². The first-order valence-corrected chi connectivity index (χ1v) is 10.5. The molecule has 2 aromatic carbocycles. The molecule has 0 bridgehead atoms. The van der Waals surface area contributed by atoms with Crippen LogP contribution in [0.3, 0.4) is 0 Å². The number of carbonyl (C=O) groups is 2. The zero-order valence-electron chi connectivity index (χ0n) is 19.4. The molecule has 1 atom stereocenters. The van der Waals surface area contributed by atoms with Crippen LogP contribution in [0.15, 0.2) is 53.8 Å². The number of ether oxygens (including phenoxy) is 2. The van der Waals surface area contributed by atoms with Crippen molar-refractivity contribution >= 4 is 23.1 Å². The summed E-state index contributed by atoms with van der Waals surface area (Å²) in [6.07, 6.45) is 0.226. The number of anilines is 2. The number of benzene rings is 2. The summed E-state index contributed by atoms with van der Waals surface area (Å²) in [5, 5.41) is 10.8. The fourth-order valence-corrected chi connectivity index (χ4v) is 3.89. The van der Waals surface area contributed by atoms with E-state index < -0.39 is 17.7 Å². The fourth-order valence-electron chi connectivity index (χ4n) is 3.89. The van der Waals surface area contributed by atoms with Gasteiger partial charge in [-0.05, 0) is 47.9 Å². The third kappa shape index (κ3) is 4.28. The minimum Gasteiger partial charge on any atom is -0.503 e. The summed E-state index contributed by atoms with van der Waals surface area (Å²) < 4.78 is 10.8. The summed E-state index contributed by atoms with van der Waals surface area (Å²) in [6, 6.07) is 11.9. The van der Waals surface area contributed by atoms with Gasteiger partial charge in [0.2, 0.25) is 0 Å². The van der Waals surface area contributed by atoms with Gasteiger partial charge in [-0.25, -0.2) is 0 Å². The van der Waals surface area contributed by atoms with Crippen molar-refractivity contribution in [3.63, 3.8) is 0 Å². The predicted molar refractivity (Wildman–Crippen MR) is 125 cm³/mol. The van der Waals surface area contributed by atoms with Crippen molar-refractivity contribution in [2.75, 3.05) is 38.1 Å². The molecule has 170 valence electrons. The molecule has 0 spiro atoms. The monoisotopic (exact) mass is 438 g/mol. The lowest BCUT2D eigenvalue weighted by Gasteiger charge is -2.28. The van der Waals surface area contributed by atoms with Crippen LogP contribution in [0.1, 0.15) is 31.9 Å². The van der Waals surface area contributed by atoms with E-state index in [-0.39, 0.29) is 23.7 Å². The van der Waals surface area contributed by atoms with E-state index >= 15 is 0 Å². The van der Waals surface area contributed by atoms with Crippen LogP contribution in [0.4, 0.5) is 11.4 Å². The summed E-state index contributed by atoms with van der Waals surface area (Å²) in [5.74, 6) is -0.273. The highest BCUT2D eigenvalue weighted by molar-refractivity contribution is 6.16. The largest absolute Gasteiger partial charge is 0.503 e. The number of rotatable bonds is 8. The molecule has 0 aliphatic carbocycles. The molecule has 1 heterocycles. The van der Waals surface area contributed by atoms with Gasteiger partial charge in [0.25, 0.3) is 5.91 Å². The molecule has 32 heavy (non-hydrogen) atoms. The van der Waals surface area contributed by atoms with Crippen molar-refractivity contribution < 1.29 is 24.2 Å². The first-order valence-electron chi connectivity index (χ1n) is 10.5. The van der Waals surface area contributed by atoms with Gasteiger partial charge in [0.05, 0.1) is 25.8 Å². The number of ketones is 1. The summed E-state index contributed by atoms with van der Waals surface area (Å²) in [7, 11) is 6.92. The van der Waals surface area contributed by atoms with Gasteiger partial charge in [-0.3, -0.25) is 14.5 Å². The lowest BCUT2D eigenvalue weighted by atomic mass is 9.91. The molecule has 1 aliphatic heterocycles. The van der Waals surface area contributed by atoms with Gasteiger partial charge >= 0.3 is 0 Å². The zero-order chi connectivity index (χ0) is 23.6. The van der Waals surface area contributed by atoms with E-state index in [9.17, 15) is 14.7 Å². The molecular weight excluding hydrogens is 408 g/mol. The normalized spacial score (nSPS) is 16.0. The van der Waals surface area contributed by atoms with Crippen LogP contribution in [-0.2, 0) is 9.59 Å². The summed E-state index contributed by atoms with van der Waals surface area (Å²) in [5.41, 5.74) is 2.30. The van der Waals surface area contributed by atoms with Gasteiger partial charge < -0.3 is 19.5 Å². The van der Waals surface area contributed by atoms with Crippen molar-refractivity contribution in [2.24, 2.45) is 5.92 Å². The highest BCUT2D eigenvalue weighted by Crippen LogP contribution is 2.43. The third-order valence-electron chi connectivity index (χ3n) is 5.47. The minimum atomic E-state index is -0.779. The SMILES string of the molecule is COc1ccc(C2C(C(=O)CC(C)C)=C(O)C(=O)N2c2ccc(N(C)C)cc2)cc1OC.